The summed E-state index contributed by atoms with van der Waals surface area (Å²) in [6.07, 6.45) is 5.09. The summed E-state index contributed by atoms with van der Waals surface area (Å²) < 4.78 is 0. The van der Waals surface area contributed by atoms with E-state index < -0.39 is 17.1 Å². The average Bonchev–Trinajstić information content (AvgIpc) is 3.41. The Bertz CT molecular complexity index is 1070. The lowest BCUT2D eigenvalue weighted by Crippen LogP contribution is -2.36. The van der Waals surface area contributed by atoms with Crippen LogP contribution >= 0.6 is 11.8 Å². The molecular weight excluding hydrogens is 422 g/mol. The van der Waals surface area contributed by atoms with Crippen molar-refractivity contribution >= 4 is 46.3 Å². The summed E-state index contributed by atoms with van der Waals surface area (Å²) in [4.78, 5) is 41.3. The fraction of sp³-hybridized carbons (Fsp3) is 0.320. The molecule has 2 aromatic carbocycles. The number of rotatable bonds is 6. The smallest absolute Gasteiger partial charge is 0.294 e. The highest BCUT2D eigenvalue weighted by atomic mass is 32.2. The van der Waals surface area contributed by atoms with Gasteiger partial charge in [-0.3, -0.25) is 19.3 Å². The van der Waals surface area contributed by atoms with Crippen LogP contribution in [0.15, 0.2) is 47.4 Å². The minimum absolute atomic E-state index is 0.301. The quantitative estimate of drug-likeness (QED) is 0.640. The first-order valence-corrected chi connectivity index (χ1v) is 11.8. The van der Waals surface area contributed by atoms with Crippen molar-refractivity contribution in [3.8, 4) is 0 Å². The van der Waals surface area contributed by atoms with Crippen molar-refractivity contribution < 1.29 is 14.4 Å². The van der Waals surface area contributed by atoms with Crippen molar-refractivity contribution in [1.29, 1.82) is 0 Å². The molecule has 166 valence electrons. The number of hydrogen-bond acceptors (Lipinski definition) is 5. The van der Waals surface area contributed by atoms with Gasteiger partial charge in [0.15, 0.2) is 0 Å². The standard InChI is InChI=1S/C25H27N3O3S/c1-3-18-6-9-20(10-7-18)26-23(29)16-28-24(30)22(32-25(28)31)15-19-8-11-21(14-17(19)2)27-12-4-5-13-27/h6-11,14-15H,3-5,12-13,16H2,1-2H3,(H,26,29)/b22-15+. The Kier molecular flexibility index (Phi) is 6.65. The molecule has 2 aromatic rings. The highest BCUT2D eigenvalue weighted by Crippen LogP contribution is 2.33. The second kappa shape index (κ2) is 9.61. The molecule has 2 aliphatic heterocycles. The van der Waals surface area contributed by atoms with Gasteiger partial charge in [0, 0.05) is 24.5 Å². The Hall–Kier alpha value is -3.06. The van der Waals surface area contributed by atoms with Gasteiger partial charge in [-0.2, -0.15) is 0 Å². The maximum atomic E-state index is 12.8. The summed E-state index contributed by atoms with van der Waals surface area (Å²) >= 11 is 0.876. The molecule has 2 fully saturated rings. The second-order valence-corrected chi connectivity index (χ2v) is 9.09. The van der Waals surface area contributed by atoms with Crippen LogP contribution in [0.4, 0.5) is 16.2 Å². The number of thioether (sulfide) groups is 1. The fourth-order valence-corrected chi connectivity index (χ4v) is 4.77. The third-order valence-corrected chi connectivity index (χ3v) is 6.74. The molecule has 0 spiro atoms. The molecule has 0 aliphatic carbocycles. The molecule has 0 bridgehead atoms. The van der Waals surface area contributed by atoms with E-state index in [4.69, 9.17) is 0 Å². The highest BCUT2D eigenvalue weighted by molar-refractivity contribution is 8.18. The number of anilines is 2. The molecule has 0 atom stereocenters. The van der Waals surface area contributed by atoms with E-state index in [0.717, 1.165) is 47.3 Å². The van der Waals surface area contributed by atoms with Crippen molar-refractivity contribution in [2.75, 3.05) is 29.9 Å². The van der Waals surface area contributed by atoms with Crippen LogP contribution in [0.1, 0.15) is 36.5 Å². The molecule has 32 heavy (non-hydrogen) atoms. The fourth-order valence-electron chi connectivity index (χ4n) is 3.94. The van der Waals surface area contributed by atoms with Crippen LogP contribution in [0.5, 0.6) is 0 Å². The van der Waals surface area contributed by atoms with Gasteiger partial charge in [0.1, 0.15) is 6.54 Å². The number of carbonyl (C=O) groups excluding carboxylic acids is 3. The van der Waals surface area contributed by atoms with Gasteiger partial charge in [0.2, 0.25) is 5.91 Å². The number of carbonyl (C=O) groups is 3. The van der Waals surface area contributed by atoms with Crippen molar-refractivity contribution in [3.05, 3.63) is 64.1 Å². The van der Waals surface area contributed by atoms with Crippen LogP contribution < -0.4 is 10.2 Å². The Balaban J connectivity index is 1.42. The zero-order valence-electron chi connectivity index (χ0n) is 18.4. The first-order valence-electron chi connectivity index (χ1n) is 10.9. The van der Waals surface area contributed by atoms with E-state index in [2.05, 4.69) is 29.3 Å². The highest BCUT2D eigenvalue weighted by Gasteiger charge is 2.36. The van der Waals surface area contributed by atoms with Gasteiger partial charge >= 0.3 is 0 Å². The first-order chi connectivity index (χ1) is 15.4. The molecule has 2 saturated heterocycles. The Labute approximate surface area is 192 Å². The maximum Gasteiger partial charge on any atom is 0.294 e. The van der Waals surface area contributed by atoms with Gasteiger partial charge in [0.25, 0.3) is 11.1 Å². The van der Waals surface area contributed by atoms with Gasteiger partial charge in [-0.05, 0) is 85.0 Å². The van der Waals surface area contributed by atoms with Crippen LogP contribution in [0.2, 0.25) is 0 Å². The van der Waals surface area contributed by atoms with Crippen molar-refractivity contribution in [3.63, 3.8) is 0 Å². The molecule has 1 N–H and O–H groups in total. The van der Waals surface area contributed by atoms with Crippen LogP contribution in [0.3, 0.4) is 0 Å². The summed E-state index contributed by atoms with van der Waals surface area (Å²) in [5, 5.41) is 2.32. The van der Waals surface area contributed by atoms with Crippen molar-refractivity contribution in [1.82, 2.24) is 4.90 Å². The molecule has 0 aromatic heterocycles. The van der Waals surface area contributed by atoms with Crippen molar-refractivity contribution in [2.24, 2.45) is 0 Å². The normalized spacial score (nSPS) is 17.5. The largest absolute Gasteiger partial charge is 0.372 e. The summed E-state index contributed by atoms with van der Waals surface area (Å²) in [7, 11) is 0. The van der Waals surface area contributed by atoms with E-state index in [1.165, 1.54) is 24.1 Å². The lowest BCUT2D eigenvalue weighted by Gasteiger charge is -2.18. The molecular formula is C25H27N3O3S. The molecule has 7 heteroatoms. The summed E-state index contributed by atoms with van der Waals surface area (Å²) in [6, 6.07) is 13.7. The SMILES string of the molecule is CCc1ccc(NC(=O)CN2C(=O)S/C(=C/c3ccc(N4CCCC4)cc3C)C2=O)cc1. The van der Waals surface area contributed by atoms with Gasteiger partial charge in [0.05, 0.1) is 4.91 Å². The zero-order chi connectivity index (χ0) is 22.7. The first kappa shape index (κ1) is 22.1. The number of hydrogen-bond donors (Lipinski definition) is 1. The van der Waals surface area contributed by atoms with Gasteiger partial charge < -0.3 is 10.2 Å². The van der Waals surface area contributed by atoms with E-state index in [1.54, 1.807) is 6.08 Å². The number of nitrogens with zero attached hydrogens (tertiary/aromatic N) is 2. The predicted molar refractivity (Wildman–Crippen MR) is 130 cm³/mol. The Morgan fingerprint density at radius 1 is 1.09 bits per heavy atom. The van der Waals surface area contributed by atoms with Crippen LogP contribution in [0.25, 0.3) is 6.08 Å². The maximum absolute atomic E-state index is 12.8. The minimum Gasteiger partial charge on any atom is -0.372 e. The average molecular weight is 450 g/mol. The van der Waals surface area contributed by atoms with Gasteiger partial charge in [-0.15, -0.1) is 0 Å². The van der Waals surface area contributed by atoms with E-state index in [-0.39, 0.29) is 6.54 Å². The second-order valence-electron chi connectivity index (χ2n) is 8.10. The number of imide groups is 1. The lowest BCUT2D eigenvalue weighted by molar-refractivity contribution is -0.127. The molecule has 2 aliphatic rings. The van der Waals surface area contributed by atoms with Crippen LogP contribution in [0, 0.1) is 6.92 Å². The van der Waals surface area contributed by atoms with Crippen LogP contribution in [-0.2, 0) is 16.0 Å². The zero-order valence-corrected chi connectivity index (χ0v) is 19.2. The van der Waals surface area contributed by atoms with E-state index in [1.807, 2.05) is 37.3 Å². The number of benzene rings is 2. The predicted octanol–water partition coefficient (Wildman–Crippen LogP) is 4.83. The topological polar surface area (TPSA) is 69.7 Å². The molecule has 2 heterocycles. The van der Waals surface area contributed by atoms with E-state index in [9.17, 15) is 14.4 Å². The van der Waals surface area contributed by atoms with Gasteiger partial charge in [-0.25, -0.2) is 0 Å². The Morgan fingerprint density at radius 2 is 1.81 bits per heavy atom. The third-order valence-electron chi connectivity index (χ3n) is 5.83. The lowest BCUT2D eigenvalue weighted by atomic mass is 10.1. The molecule has 3 amide bonds. The molecule has 0 saturated carbocycles. The monoisotopic (exact) mass is 449 g/mol. The van der Waals surface area contributed by atoms with Crippen LogP contribution in [-0.4, -0.2) is 41.6 Å². The van der Waals surface area contributed by atoms with E-state index in [0.29, 0.717) is 10.6 Å². The Morgan fingerprint density at radius 3 is 2.47 bits per heavy atom. The van der Waals surface area contributed by atoms with Crippen molar-refractivity contribution in [2.45, 2.75) is 33.1 Å². The van der Waals surface area contributed by atoms with E-state index >= 15 is 0 Å². The number of amides is 3. The number of nitrogens with one attached hydrogen (secondary N) is 1. The minimum atomic E-state index is -0.431. The molecule has 0 unspecified atom stereocenters. The third kappa shape index (κ3) is 4.88. The molecule has 4 rings (SSSR count). The number of aryl methyl sites for hydroxylation is 2. The van der Waals surface area contributed by atoms with Gasteiger partial charge in [-0.1, -0.05) is 25.1 Å². The summed E-state index contributed by atoms with van der Waals surface area (Å²) in [5.41, 5.74) is 4.95. The molecule has 6 nitrogen and oxygen atoms in total. The summed E-state index contributed by atoms with van der Waals surface area (Å²) in [5.74, 6) is -0.830. The summed E-state index contributed by atoms with van der Waals surface area (Å²) in [6.45, 7) is 5.91. The molecule has 0 radical (unpaired) electrons.